The van der Waals surface area contributed by atoms with Crippen LogP contribution < -0.4 is 26.2 Å². The number of anilines is 6. The van der Waals surface area contributed by atoms with Crippen LogP contribution in [0.3, 0.4) is 0 Å². The number of thiophene rings is 1. The molecule has 0 saturated heterocycles. The molecule has 0 spiro atoms. The molecule has 1 fully saturated rings. The monoisotopic (exact) mass is 928 g/mol. The summed E-state index contributed by atoms with van der Waals surface area (Å²) < 4.78 is 2.67. The number of nitrogens with zero attached hydrogens (tertiary/aromatic N) is 2. The third kappa shape index (κ3) is 5.93. The Bertz CT molecular complexity index is 3590. The molecule has 4 heterocycles. The van der Waals surface area contributed by atoms with E-state index in [0.717, 1.165) is 0 Å². The number of fused-ring (bicyclic) bond motifs is 11. The Labute approximate surface area is 409 Å². The number of para-hydroxylation sites is 1. The Hall–Kier alpha value is -6.44. The first-order chi connectivity index (χ1) is 33.5. The standard InChI is InChI=1S/C62H49BN2S3/c1-41-36-54-61-55(37-41)65-51-23-11-13-25-57(51)67-58-26-14-15-27-60(58)68(44-18-6-3-7-19-44,45-20-8-4-9-21-45)46-32-33-49(52(65)38-46)63(61)50-40-59-48(47-22-10-12-24-56(47)66-59)39-53(50)64(54)43-30-28-42(29-31-43)62(2)34-16-5-17-35-62/h3-4,6-15,18-33,36-40H,5,16-17,34-35H2,1-2H3. The lowest BCUT2D eigenvalue weighted by Crippen LogP contribution is -2.61. The quantitative estimate of drug-likeness (QED) is 0.162. The average molecular weight is 929 g/mol. The molecule has 1 aromatic heterocycles. The zero-order valence-corrected chi connectivity index (χ0v) is 40.7. The maximum Gasteiger partial charge on any atom is 0.252 e. The molecule has 68 heavy (non-hydrogen) atoms. The summed E-state index contributed by atoms with van der Waals surface area (Å²) in [6.45, 7) is 4.80. The van der Waals surface area contributed by atoms with E-state index < -0.39 is 10.0 Å². The zero-order valence-electron chi connectivity index (χ0n) is 38.3. The van der Waals surface area contributed by atoms with Gasteiger partial charge in [-0.25, -0.2) is 0 Å². The van der Waals surface area contributed by atoms with E-state index in [-0.39, 0.29) is 12.1 Å². The maximum atomic E-state index is 2.64. The molecule has 0 unspecified atom stereocenters. The highest BCUT2D eigenvalue weighted by Crippen LogP contribution is 2.75. The Morgan fingerprint density at radius 1 is 0.485 bits per heavy atom. The fourth-order valence-corrected chi connectivity index (χ4v) is 18.9. The van der Waals surface area contributed by atoms with Crippen molar-refractivity contribution in [2.75, 3.05) is 9.80 Å². The summed E-state index contributed by atoms with van der Waals surface area (Å²) in [6.07, 6.45) is 6.50. The number of aryl methyl sites for hydroxylation is 1. The second-order valence-electron chi connectivity index (χ2n) is 19.5. The van der Waals surface area contributed by atoms with Gasteiger partial charge >= 0.3 is 0 Å². The van der Waals surface area contributed by atoms with Gasteiger partial charge in [0.05, 0.1) is 5.69 Å². The molecule has 3 aliphatic heterocycles. The van der Waals surface area contributed by atoms with Gasteiger partial charge in [0.2, 0.25) is 0 Å². The summed E-state index contributed by atoms with van der Waals surface area (Å²) in [5.41, 5.74) is 14.5. The smallest absolute Gasteiger partial charge is 0.252 e. The number of benzene rings is 9. The van der Waals surface area contributed by atoms with Crippen molar-refractivity contribution in [2.45, 2.75) is 80.7 Å². The van der Waals surface area contributed by atoms with Gasteiger partial charge < -0.3 is 9.80 Å². The lowest BCUT2D eigenvalue weighted by Gasteiger charge is -2.47. The van der Waals surface area contributed by atoms with Crippen molar-refractivity contribution < 1.29 is 0 Å². The number of hydrogen-bond acceptors (Lipinski definition) is 4. The topological polar surface area (TPSA) is 6.48 Å². The largest absolute Gasteiger partial charge is 0.311 e. The Balaban J connectivity index is 1.09. The minimum Gasteiger partial charge on any atom is -0.311 e. The van der Waals surface area contributed by atoms with Crippen molar-refractivity contribution >= 4 is 111 Å². The van der Waals surface area contributed by atoms with E-state index in [1.54, 1.807) is 0 Å². The second-order valence-corrected chi connectivity index (χ2v) is 24.7. The molecule has 10 aromatic rings. The van der Waals surface area contributed by atoms with E-state index in [9.17, 15) is 0 Å². The van der Waals surface area contributed by atoms with Crippen molar-refractivity contribution in [3.63, 3.8) is 0 Å². The lowest BCUT2D eigenvalue weighted by molar-refractivity contribution is 0.319. The van der Waals surface area contributed by atoms with E-state index in [4.69, 9.17) is 0 Å². The highest BCUT2D eigenvalue weighted by atomic mass is 32.3. The zero-order chi connectivity index (χ0) is 45.1. The van der Waals surface area contributed by atoms with Crippen LogP contribution in [0.1, 0.15) is 50.2 Å². The van der Waals surface area contributed by atoms with Crippen molar-refractivity contribution in [2.24, 2.45) is 0 Å². The third-order valence-corrected chi connectivity index (χ3v) is 21.9. The van der Waals surface area contributed by atoms with Gasteiger partial charge in [0.1, 0.15) is 0 Å². The van der Waals surface area contributed by atoms with E-state index in [1.165, 1.54) is 143 Å². The van der Waals surface area contributed by atoms with Crippen LogP contribution in [0.5, 0.6) is 0 Å². The van der Waals surface area contributed by atoms with Crippen LogP contribution in [-0.4, -0.2) is 6.71 Å². The van der Waals surface area contributed by atoms with E-state index in [2.05, 4.69) is 224 Å². The van der Waals surface area contributed by atoms with E-state index in [1.807, 2.05) is 23.1 Å². The molecular formula is C62H49BN2S3. The highest BCUT2D eigenvalue weighted by Gasteiger charge is 2.46. The summed E-state index contributed by atoms with van der Waals surface area (Å²) in [4.78, 5) is 13.2. The summed E-state index contributed by atoms with van der Waals surface area (Å²) >= 11 is 3.84. The third-order valence-electron chi connectivity index (χ3n) is 15.5. The maximum absolute atomic E-state index is 2.64. The molecule has 1 aliphatic carbocycles. The Morgan fingerprint density at radius 2 is 1.13 bits per heavy atom. The molecular weight excluding hydrogens is 880 g/mol. The molecule has 0 amide bonds. The van der Waals surface area contributed by atoms with Crippen LogP contribution in [0.15, 0.2) is 230 Å². The molecule has 2 bridgehead atoms. The molecule has 328 valence electrons. The highest BCUT2D eigenvalue weighted by molar-refractivity contribution is 8.34. The van der Waals surface area contributed by atoms with Gasteiger partial charge in [0.25, 0.3) is 6.71 Å². The van der Waals surface area contributed by atoms with Crippen molar-refractivity contribution in [1.82, 2.24) is 0 Å². The fraction of sp³-hybridized carbons (Fsp3) is 0.129. The van der Waals surface area contributed by atoms with Gasteiger partial charge in [0.15, 0.2) is 0 Å². The van der Waals surface area contributed by atoms with Crippen LogP contribution in [0.2, 0.25) is 0 Å². The minimum atomic E-state index is -2.00. The van der Waals surface area contributed by atoms with Crippen LogP contribution in [0.4, 0.5) is 34.1 Å². The van der Waals surface area contributed by atoms with Crippen molar-refractivity contribution in [3.05, 3.63) is 211 Å². The predicted molar refractivity (Wildman–Crippen MR) is 293 cm³/mol. The molecule has 6 heteroatoms. The van der Waals surface area contributed by atoms with Crippen molar-refractivity contribution in [3.8, 4) is 0 Å². The van der Waals surface area contributed by atoms with Crippen LogP contribution in [0.25, 0.3) is 20.2 Å². The summed E-state index contributed by atoms with van der Waals surface area (Å²) in [5.74, 6) is 0. The van der Waals surface area contributed by atoms with Gasteiger partial charge in [-0.2, -0.15) is 0 Å². The van der Waals surface area contributed by atoms with Crippen LogP contribution >= 0.6 is 33.1 Å². The normalized spacial score (nSPS) is 16.6. The molecule has 4 aliphatic rings. The number of hydrogen-bond donors (Lipinski definition) is 0. The summed E-state index contributed by atoms with van der Waals surface area (Å²) in [5, 5.41) is 2.66. The molecule has 1 saturated carbocycles. The van der Waals surface area contributed by atoms with Gasteiger partial charge in [-0.3, -0.25) is 0 Å². The molecule has 0 radical (unpaired) electrons. The van der Waals surface area contributed by atoms with Gasteiger partial charge in [0, 0.05) is 78.0 Å². The molecule has 2 nitrogen and oxygen atoms in total. The molecule has 9 aromatic carbocycles. The minimum absolute atomic E-state index is 0.00933. The van der Waals surface area contributed by atoms with E-state index in [0.29, 0.717) is 0 Å². The second kappa shape index (κ2) is 15.5. The van der Waals surface area contributed by atoms with E-state index >= 15 is 0 Å². The fourth-order valence-electron chi connectivity index (χ4n) is 12.4. The van der Waals surface area contributed by atoms with Crippen molar-refractivity contribution in [1.29, 1.82) is 0 Å². The first-order valence-electron chi connectivity index (χ1n) is 24.2. The summed E-state index contributed by atoms with van der Waals surface area (Å²) in [7, 11) is -2.00. The Morgan fingerprint density at radius 3 is 1.90 bits per heavy atom. The van der Waals surface area contributed by atoms with Crippen LogP contribution in [-0.2, 0) is 5.41 Å². The first kappa shape index (κ1) is 40.6. The molecule has 0 N–H and O–H groups in total. The SMILES string of the molecule is Cc1cc2c3c(c1)N1c4ccccc4Sc4ccccc4S(c4ccccc4)(c4ccccc4)c4ccc(c1c4)B3c1cc3sc4ccccc4c3cc1N2c1ccc(C2(C)CCCCC2)cc1. The van der Waals surface area contributed by atoms with Gasteiger partial charge in [-0.1, -0.05) is 135 Å². The molecule has 0 atom stereocenters. The van der Waals surface area contributed by atoms with Gasteiger partial charge in [-0.15, -0.1) is 21.4 Å². The predicted octanol–water partition coefficient (Wildman–Crippen LogP) is 16.5. The lowest BCUT2D eigenvalue weighted by atomic mass is 9.33. The first-order valence-corrected chi connectivity index (χ1v) is 27.5. The van der Waals surface area contributed by atoms with Gasteiger partial charge in [-0.05, 0) is 156 Å². The number of rotatable bonds is 4. The average Bonchev–Trinajstić information content (AvgIpc) is 3.75. The van der Waals surface area contributed by atoms with Crippen LogP contribution in [0, 0.1) is 6.92 Å². The Kier molecular flexibility index (Phi) is 9.29. The molecule has 14 rings (SSSR count). The summed E-state index contributed by atoms with van der Waals surface area (Å²) in [6, 6.07) is 77.5.